The quantitative estimate of drug-likeness (QED) is 0.753. The second-order valence-electron chi connectivity index (χ2n) is 5.71. The number of halogens is 2. The minimum absolute atomic E-state index is 0.148. The van der Waals surface area contributed by atoms with Crippen LogP contribution in [0.5, 0.6) is 0 Å². The molecule has 0 spiro atoms. The Balaban J connectivity index is 1.58. The average Bonchev–Trinajstić information content (AvgIpc) is 3.06. The zero-order valence-corrected chi connectivity index (χ0v) is 13.3. The molecule has 1 aromatic heterocycles. The summed E-state index contributed by atoms with van der Waals surface area (Å²) < 4.78 is 28.3. The van der Waals surface area contributed by atoms with Crippen molar-refractivity contribution in [2.24, 2.45) is 0 Å². The van der Waals surface area contributed by atoms with Gasteiger partial charge in [0.25, 0.3) is 0 Å². The maximum atomic E-state index is 13.3. The number of rotatable bonds is 6. The monoisotopic (exact) mass is 328 g/mol. The van der Waals surface area contributed by atoms with Crippen LogP contribution in [0, 0.1) is 11.6 Å². The smallest absolute Gasteiger partial charge is 0.137 e. The van der Waals surface area contributed by atoms with Gasteiger partial charge in [-0.15, -0.1) is 0 Å². The molecule has 1 heterocycles. The van der Waals surface area contributed by atoms with E-state index < -0.39 is 11.6 Å². The van der Waals surface area contributed by atoms with E-state index in [2.05, 4.69) is 15.4 Å². The lowest BCUT2D eigenvalue weighted by Crippen LogP contribution is -2.18. The summed E-state index contributed by atoms with van der Waals surface area (Å²) >= 11 is 0. The summed E-state index contributed by atoms with van der Waals surface area (Å²) in [6, 6.07) is 11.5. The van der Waals surface area contributed by atoms with Crippen LogP contribution in [0.4, 0.5) is 8.78 Å². The van der Waals surface area contributed by atoms with E-state index >= 15 is 0 Å². The van der Waals surface area contributed by atoms with Crippen LogP contribution in [0.1, 0.15) is 29.7 Å². The van der Waals surface area contributed by atoms with E-state index in [9.17, 15) is 8.78 Å². The Morgan fingerprint density at radius 2 is 1.71 bits per heavy atom. The van der Waals surface area contributed by atoms with Gasteiger partial charge in [0.05, 0.1) is 6.54 Å². The second-order valence-corrected chi connectivity index (χ2v) is 5.71. The fraction of sp³-hybridized carbons (Fsp3) is 0.222. The zero-order valence-electron chi connectivity index (χ0n) is 13.3. The fourth-order valence-electron chi connectivity index (χ4n) is 2.48. The zero-order chi connectivity index (χ0) is 16.9. The number of hydrogen-bond acceptors (Lipinski definition) is 3. The molecule has 0 amide bonds. The van der Waals surface area contributed by atoms with Crippen LogP contribution in [-0.4, -0.2) is 14.8 Å². The molecule has 0 saturated carbocycles. The van der Waals surface area contributed by atoms with Crippen molar-refractivity contribution >= 4 is 0 Å². The summed E-state index contributed by atoms with van der Waals surface area (Å²) in [6.45, 7) is 3.17. The highest BCUT2D eigenvalue weighted by Crippen LogP contribution is 2.16. The van der Waals surface area contributed by atoms with Gasteiger partial charge >= 0.3 is 0 Å². The van der Waals surface area contributed by atoms with Crippen molar-refractivity contribution in [1.82, 2.24) is 20.1 Å². The molecule has 1 atom stereocenters. The lowest BCUT2D eigenvalue weighted by Gasteiger charge is -2.15. The highest BCUT2D eigenvalue weighted by atomic mass is 19.1. The molecule has 0 bridgehead atoms. The summed E-state index contributed by atoms with van der Waals surface area (Å²) in [5.74, 6) is -1.12. The molecule has 2 aromatic carbocycles. The van der Waals surface area contributed by atoms with Crippen molar-refractivity contribution in [3.63, 3.8) is 0 Å². The Morgan fingerprint density at radius 1 is 1.04 bits per heavy atom. The number of hydrogen-bond donors (Lipinski definition) is 1. The molecule has 0 fully saturated rings. The maximum absolute atomic E-state index is 13.3. The van der Waals surface area contributed by atoms with Crippen LogP contribution >= 0.6 is 0 Å². The molecule has 0 unspecified atom stereocenters. The van der Waals surface area contributed by atoms with Crippen molar-refractivity contribution in [2.45, 2.75) is 26.1 Å². The van der Waals surface area contributed by atoms with Crippen molar-refractivity contribution in [1.29, 1.82) is 0 Å². The van der Waals surface area contributed by atoms with E-state index in [1.165, 1.54) is 18.5 Å². The first-order valence-corrected chi connectivity index (χ1v) is 7.70. The van der Waals surface area contributed by atoms with Crippen LogP contribution in [0.25, 0.3) is 0 Å². The molecule has 0 radical (unpaired) electrons. The summed E-state index contributed by atoms with van der Waals surface area (Å²) in [4.78, 5) is 3.91. The maximum Gasteiger partial charge on any atom is 0.137 e. The van der Waals surface area contributed by atoms with Gasteiger partial charge in [0.15, 0.2) is 0 Å². The third-order valence-electron chi connectivity index (χ3n) is 3.83. The molecule has 3 rings (SSSR count). The number of nitrogens with zero attached hydrogens (tertiary/aromatic N) is 3. The molecule has 4 nitrogen and oxygen atoms in total. The average molecular weight is 328 g/mol. The first-order valence-electron chi connectivity index (χ1n) is 7.70. The Labute approximate surface area is 139 Å². The van der Waals surface area contributed by atoms with E-state index in [0.29, 0.717) is 18.7 Å². The van der Waals surface area contributed by atoms with Crippen molar-refractivity contribution in [3.8, 4) is 0 Å². The Morgan fingerprint density at radius 3 is 2.33 bits per heavy atom. The highest BCUT2D eigenvalue weighted by molar-refractivity contribution is 5.24. The van der Waals surface area contributed by atoms with Gasteiger partial charge in [-0.1, -0.05) is 24.3 Å². The Hall–Kier alpha value is -2.60. The SMILES string of the molecule is C[C@H](NCc1ccc(Cn2cncn2)cc1)c1cc(F)cc(F)c1. The van der Waals surface area contributed by atoms with Crippen molar-refractivity contribution < 1.29 is 8.78 Å². The summed E-state index contributed by atoms with van der Waals surface area (Å²) in [6.07, 6.45) is 3.18. The predicted molar refractivity (Wildman–Crippen MR) is 87.2 cm³/mol. The third-order valence-corrected chi connectivity index (χ3v) is 3.83. The molecule has 0 aliphatic heterocycles. The summed E-state index contributed by atoms with van der Waals surface area (Å²) in [5, 5.41) is 7.35. The van der Waals surface area contributed by atoms with Gasteiger partial charge in [-0.3, -0.25) is 0 Å². The normalized spacial score (nSPS) is 12.3. The second kappa shape index (κ2) is 7.31. The van der Waals surface area contributed by atoms with Gasteiger partial charge < -0.3 is 5.32 Å². The van der Waals surface area contributed by atoms with Gasteiger partial charge in [-0.25, -0.2) is 18.4 Å². The topological polar surface area (TPSA) is 42.7 Å². The largest absolute Gasteiger partial charge is 0.306 e. The standard InChI is InChI=1S/C18H18F2N4/c1-13(16-6-17(19)8-18(20)7-16)22-9-14-2-4-15(5-3-14)10-24-12-21-11-23-24/h2-8,11-13,22H,9-10H2,1H3/t13-/m0/s1. The molecule has 6 heteroatoms. The molecule has 124 valence electrons. The van der Waals surface area contributed by atoms with Crippen LogP contribution in [0.2, 0.25) is 0 Å². The Kier molecular flexibility index (Phi) is 4.96. The van der Waals surface area contributed by atoms with Gasteiger partial charge in [0.2, 0.25) is 0 Å². The van der Waals surface area contributed by atoms with E-state index in [0.717, 1.165) is 17.2 Å². The lowest BCUT2D eigenvalue weighted by atomic mass is 10.1. The van der Waals surface area contributed by atoms with E-state index in [1.54, 1.807) is 11.0 Å². The van der Waals surface area contributed by atoms with E-state index in [-0.39, 0.29) is 6.04 Å². The molecule has 1 N–H and O–H groups in total. The van der Waals surface area contributed by atoms with Crippen LogP contribution in [0.15, 0.2) is 55.1 Å². The minimum Gasteiger partial charge on any atom is -0.306 e. The fourth-order valence-corrected chi connectivity index (χ4v) is 2.48. The van der Waals surface area contributed by atoms with Gasteiger partial charge in [-0.2, -0.15) is 5.10 Å². The van der Waals surface area contributed by atoms with E-state index in [1.807, 2.05) is 31.2 Å². The lowest BCUT2D eigenvalue weighted by molar-refractivity contribution is 0.545. The number of nitrogens with one attached hydrogen (secondary N) is 1. The predicted octanol–water partition coefficient (Wildman–Crippen LogP) is 3.46. The number of benzene rings is 2. The van der Waals surface area contributed by atoms with Gasteiger partial charge in [0, 0.05) is 18.7 Å². The molecule has 24 heavy (non-hydrogen) atoms. The summed E-state index contributed by atoms with van der Waals surface area (Å²) in [5.41, 5.74) is 2.82. The van der Waals surface area contributed by atoms with Crippen molar-refractivity contribution in [2.75, 3.05) is 0 Å². The van der Waals surface area contributed by atoms with Crippen LogP contribution < -0.4 is 5.32 Å². The third kappa shape index (κ3) is 4.23. The summed E-state index contributed by atoms with van der Waals surface area (Å²) in [7, 11) is 0. The molecule has 0 saturated heterocycles. The van der Waals surface area contributed by atoms with Crippen LogP contribution in [0.3, 0.4) is 0 Å². The van der Waals surface area contributed by atoms with Crippen LogP contribution in [-0.2, 0) is 13.1 Å². The van der Waals surface area contributed by atoms with Crippen molar-refractivity contribution in [3.05, 3.63) is 83.4 Å². The molecule has 0 aliphatic rings. The molecular formula is C18H18F2N4. The molecule has 3 aromatic rings. The number of aromatic nitrogens is 3. The first-order chi connectivity index (χ1) is 11.6. The van der Waals surface area contributed by atoms with Gasteiger partial charge in [-0.05, 0) is 35.7 Å². The molecule has 0 aliphatic carbocycles. The Bertz CT molecular complexity index is 765. The van der Waals surface area contributed by atoms with E-state index in [4.69, 9.17) is 0 Å². The minimum atomic E-state index is -0.559. The first kappa shape index (κ1) is 16.3. The molecular weight excluding hydrogens is 310 g/mol. The van der Waals surface area contributed by atoms with Gasteiger partial charge in [0.1, 0.15) is 24.3 Å². The highest BCUT2D eigenvalue weighted by Gasteiger charge is 2.08.